The fourth-order valence-electron chi connectivity index (χ4n) is 0.130. The number of carbonyl (C=O) groups is 1. The minimum absolute atomic E-state index is 0.156. The summed E-state index contributed by atoms with van der Waals surface area (Å²) in [6, 6.07) is 0. The van der Waals surface area contributed by atoms with Gasteiger partial charge in [-0.15, -0.1) is 0 Å². The van der Waals surface area contributed by atoms with Gasteiger partial charge < -0.3 is 15.2 Å². The topological polar surface area (TPSA) is 61.5 Å². The standard InChI is InChI=1S/C4H7NO3/c1-7-3-8-4(6)2-5/h2,5H2,1H3. The Bertz CT molecular complexity index is 73.7. The minimum atomic E-state index is -0.563. The first-order chi connectivity index (χ1) is 3.81. The molecule has 0 aliphatic rings. The van der Waals surface area contributed by atoms with Crippen LogP contribution in [0.4, 0.5) is 0 Å². The molecule has 0 unspecified atom stereocenters. The lowest BCUT2D eigenvalue weighted by Crippen LogP contribution is -2.15. The zero-order valence-corrected chi connectivity index (χ0v) is 4.51. The van der Waals surface area contributed by atoms with E-state index in [9.17, 15) is 4.79 Å². The van der Waals surface area contributed by atoms with Crippen molar-refractivity contribution in [1.82, 2.24) is 0 Å². The molecule has 0 spiro atoms. The zero-order valence-electron chi connectivity index (χ0n) is 4.51. The highest BCUT2D eigenvalue weighted by molar-refractivity contribution is 5.71. The molecule has 0 rings (SSSR count). The first-order valence-electron chi connectivity index (χ1n) is 1.99. The number of ether oxygens (including phenoxy) is 2. The lowest BCUT2D eigenvalue weighted by molar-refractivity contribution is -0.143. The highest BCUT2D eigenvalue weighted by atomic mass is 16.7. The second-order valence-corrected chi connectivity index (χ2v) is 0.966. The normalized spacial score (nSPS) is 8.75. The van der Waals surface area contributed by atoms with Crippen molar-refractivity contribution in [2.24, 2.45) is 5.73 Å². The van der Waals surface area contributed by atoms with Crippen molar-refractivity contribution in [3.63, 3.8) is 0 Å². The minimum Gasteiger partial charge on any atom is -0.418 e. The van der Waals surface area contributed by atoms with Crippen LogP contribution in [0.3, 0.4) is 0 Å². The average molecular weight is 117 g/mol. The highest BCUT2D eigenvalue weighted by Gasteiger charge is 1.96. The predicted molar refractivity (Wildman–Crippen MR) is 25.4 cm³/mol. The molecule has 0 aliphatic carbocycles. The van der Waals surface area contributed by atoms with E-state index in [0.29, 0.717) is 0 Å². The number of hydrogen-bond acceptors (Lipinski definition) is 4. The van der Waals surface area contributed by atoms with Crippen molar-refractivity contribution < 1.29 is 14.3 Å². The quantitative estimate of drug-likeness (QED) is 0.488. The summed E-state index contributed by atoms with van der Waals surface area (Å²) in [5.41, 5.74) is 4.84. The van der Waals surface area contributed by atoms with Crippen molar-refractivity contribution >= 4 is 5.97 Å². The van der Waals surface area contributed by atoms with E-state index in [2.05, 4.69) is 9.47 Å². The maximum atomic E-state index is 10.1. The van der Waals surface area contributed by atoms with Gasteiger partial charge in [-0.2, -0.15) is 0 Å². The Labute approximate surface area is 47.6 Å². The summed E-state index contributed by atoms with van der Waals surface area (Å²) >= 11 is 0. The number of carbonyl (C=O) groups excluding carboxylic acids is 1. The molecule has 2 N–H and O–H groups in total. The summed E-state index contributed by atoms with van der Waals surface area (Å²) < 4.78 is 8.27. The van der Waals surface area contributed by atoms with E-state index < -0.39 is 5.97 Å². The molecule has 0 aromatic carbocycles. The van der Waals surface area contributed by atoms with Gasteiger partial charge in [0.15, 0.2) is 0 Å². The highest BCUT2D eigenvalue weighted by Crippen LogP contribution is 1.79. The Morgan fingerprint density at radius 3 is 2.88 bits per heavy atom. The molecule has 0 saturated heterocycles. The van der Waals surface area contributed by atoms with Crippen LogP contribution in [0.1, 0.15) is 0 Å². The number of hydrogen-bond donors (Lipinski definition) is 1. The van der Waals surface area contributed by atoms with Gasteiger partial charge >= 0.3 is 12.8 Å². The monoisotopic (exact) mass is 117 g/mol. The van der Waals surface area contributed by atoms with E-state index in [1.165, 1.54) is 7.11 Å². The molecule has 0 heterocycles. The number of esters is 1. The fraction of sp³-hybridized carbons (Fsp3) is 0.500. The molecule has 0 fully saturated rings. The molecule has 2 radical (unpaired) electrons. The summed E-state index contributed by atoms with van der Waals surface area (Å²) in [6.45, 7) is 1.71. The van der Waals surface area contributed by atoms with Gasteiger partial charge in [-0.3, -0.25) is 4.79 Å². The molecule has 0 aliphatic heterocycles. The van der Waals surface area contributed by atoms with Gasteiger partial charge in [0.25, 0.3) is 0 Å². The van der Waals surface area contributed by atoms with E-state index in [1.54, 1.807) is 0 Å². The van der Waals surface area contributed by atoms with E-state index in [1.807, 2.05) is 6.79 Å². The Morgan fingerprint density at radius 2 is 2.50 bits per heavy atom. The van der Waals surface area contributed by atoms with E-state index in [-0.39, 0.29) is 6.54 Å². The molecule has 0 atom stereocenters. The molecule has 0 aromatic heterocycles. The maximum absolute atomic E-state index is 10.1. The summed E-state index contributed by atoms with van der Waals surface area (Å²) in [4.78, 5) is 10.1. The Hall–Kier alpha value is -0.610. The predicted octanol–water partition coefficient (Wildman–Crippen LogP) is -0.869. The van der Waals surface area contributed by atoms with Crippen molar-refractivity contribution in [1.29, 1.82) is 0 Å². The van der Waals surface area contributed by atoms with Crippen molar-refractivity contribution in [3.8, 4) is 0 Å². The van der Waals surface area contributed by atoms with Gasteiger partial charge in [0.05, 0.1) is 6.54 Å². The second kappa shape index (κ2) is 4.55. The molecule has 8 heavy (non-hydrogen) atoms. The smallest absolute Gasteiger partial charge is 0.361 e. The van der Waals surface area contributed by atoms with E-state index >= 15 is 0 Å². The molecule has 0 bridgehead atoms. The average Bonchev–Trinajstić information content (AvgIpc) is 1.83. The Kier molecular flexibility index (Phi) is 4.20. The Balaban J connectivity index is 2.99. The summed E-state index contributed by atoms with van der Waals surface area (Å²) in [5, 5.41) is 0. The molecule has 0 amide bonds. The third-order valence-corrected chi connectivity index (χ3v) is 0.406. The van der Waals surface area contributed by atoms with Crippen LogP contribution in [0.5, 0.6) is 0 Å². The summed E-state index contributed by atoms with van der Waals surface area (Å²) in [6.07, 6.45) is 0. The molecule has 0 aromatic rings. The van der Waals surface area contributed by atoms with Gasteiger partial charge in [0.1, 0.15) is 0 Å². The van der Waals surface area contributed by atoms with E-state index in [4.69, 9.17) is 5.73 Å². The van der Waals surface area contributed by atoms with Crippen LogP contribution in [0.15, 0.2) is 0 Å². The lowest BCUT2D eigenvalue weighted by Gasteiger charge is -1.94. The van der Waals surface area contributed by atoms with Crippen molar-refractivity contribution in [2.45, 2.75) is 0 Å². The third-order valence-electron chi connectivity index (χ3n) is 0.406. The van der Waals surface area contributed by atoms with E-state index in [0.717, 1.165) is 0 Å². The molecule has 4 heteroatoms. The van der Waals surface area contributed by atoms with Gasteiger partial charge in [-0.1, -0.05) is 0 Å². The largest absolute Gasteiger partial charge is 0.418 e. The maximum Gasteiger partial charge on any atom is 0.361 e. The summed E-state index contributed by atoms with van der Waals surface area (Å²) in [5.74, 6) is -0.563. The molecular weight excluding hydrogens is 110 g/mol. The Morgan fingerprint density at radius 1 is 1.88 bits per heavy atom. The lowest BCUT2D eigenvalue weighted by atomic mass is 10.7. The number of nitrogens with two attached hydrogens (primary N) is 1. The van der Waals surface area contributed by atoms with Crippen LogP contribution >= 0.6 is 0 Å². The number of rotatable bonds is 3. The first-order valence-corrected chi connectivity index (χ1v) is 1.99. The zero-order chi connectivity index (χ0) is 6.41. The molecule has 4 nitrogen and oxygen atoms in total. The number of methoxy groups -OCH3 is 1. The van der Waals surface area contributed by atoms with Crippen LogP contribution in [-0.4, -0.2) is 19.6 Å². The summed E-state index contributed by atoms with van der Waals surface area (Å²) in [7, 11) is 1.32. The third kappa shape index (κ3) is 3.58. The SMILES string of the molecule is CO[C]OC(=O)CN. The van der Waals surface area contributed by atoms with Crippen LogP contribution in [0.2, 0.25) is 0 Å². The molecule has 46 valence electrons. The van der Waals surface area contributed by atoms with Crippen LogP contribution in [0, 0.1) is 6.79 Å². The van der Waals surface area contributed by atoms with Crippen LogP contribution in [0.25, 0.3) is 0 Å². The second-order valence-electron chi connectivity index (χ2n) is 0.966. The van der Waals surface area contributed by atoms with Gasteiger partial charge in [0.2, 0.25) is 0 Å². The van der Waals surface area contributed by atoms with Gasteiger partial charge in [-0.25, -0.2) is 0 Å². The van der Waals surface area contributed by atoms with Crippen LogP contribution < -0.4 is 5.73 Å². The van der Waals surface area contributed by atoms with Gasteiger partial charge in [-0.05, 0) is 0 Å². The van der Waals surface area contributed by atoms with Gasteiger partial charge in [0, 0.05) is 7.11 Å². The molecule has 0 saturated carbocycles. The molecular formula is C4H7NO3. The van der Waals surface area contributed by atoms with Crippen molar-refractivity contribution in [3.05, 3.63) is 6.79 Å². The van der Waals surface area contributed by atoms with Crippen LogP contribution in [-0.2, 0) is 14.3 Å². The first kappa shape index (κ1) is 7.39. The fourth-order valence-corrected chi connectivity index (χ4v) is 0.130. The van der Waals surface area contributed by atoms with Crippen molar-refractivity contribution in [2.75, 3.05) is 13.7 Å².